The third-order valence-electron chi connectivity index (χ3n) is 3.36. The van der Waals surface area contributed by atoms with E-state index in [4.69, 9.17) is 16.3 Å². The van der Waals surface area contributed by atoms with Gasteiger partial charge in [-0.1, -0.05) is 17.7 Å². The van der Waals surface area contributed by atoms with Gasteiger partial charge >= 0.3 is 0 Å². The maximum atomic E-state index is 12.0. The molecule has 0 radical (unpaired) electrons. The van der Waals surface area contributed by atoms with Crippen LogP contribution in [-0.2, 0) is 9.59 Å². The average molecular weight is 361 g/mol. The SMILES string of the molecule is CC(=O)Nc1ccc(NC(=O)CCOc2cc(C)cc(C)c2)cc1Cl. The highest BCUT2D eigenvalue weighted by Crippen LogP contribution is 2.25. The lowest BCUT2D eigenvalue weighted by atomic mass is 10.1. The molecule has 0 heterocycles. The highest BCUT2D eigenvalue weighted by Gasteiger charge is 2.07. The largest absolute Gasteiger partial charge is 0.493 e. The zero-order chi connectivity index (χ0) is 18.4. The normalized spacial score (nSPS) is 10.2. The fourth-order valence-electron chi connectivity index (χ4n) is 2.39. The quantitative estimate of drug-likeness (QED) is 0.806. The van der Waals surface area contributed by atoms with Crippen molar-refractivity contribution in [3.8, 4) is 5.75 Å². The van der Waals surface area contributed by atoms with Gasteiger partial charge in [-0.2, -0.15) is 0 Å². The summed E-state index contributed by atoms with van der Waals surface area (Å²) in [4.78, 5) is 23.1. The van der Waals surface area contributed by atoms with E-state index >= 15 is 0 Å². The molecule has 2 amide bonds. The summed E-state index contributed by atoms with van der Waals surface area (Å²) >= 11 is 6.08. The maximum Gasteiger partial charge on any atom is 0.227 e. The molecule has 2 N–H and O–H groups in total. The van der Waals surface area contributed by atoms with E-state index in [-0.39, 0.29) is 24.8 Å². The number of carbonyl (C=O) groups excluding carboxylic acids is 2. The highest BCUT2D eigenvalue weighted by atomic mass is 35.5. The van der Waals surface area contributed by atoms with Gasteiger partial charge in [-0.25, -0.2) is 0 Å². The molecule has 0 aliphatic heterocycles. The van der Waals surface area contributed by atoms with Crippen molar-refractivity contribution >= 4 is 34.8 Å². The van der Waals surface area contributed by atoms with Crippen LogP contribution in [0.3, 0.4) is 0 Å². The fourth-order valence-corrected chi connectivity index (χ4v) is 2.61. The lowest BCUT2D eigenvalue weighted by molar-refractivity contribution is -0.116. The van der Waals surface area contributed by atoms with Gasteiger partial charge in [0.05, 0.1) is 23.7 Å². The molecule has 2 rings (SSSR count). The van der Waals surface area contributed by atoms with E-state index in [1.54, 1.807) is 18.2 Å². The van der Waals surface area contributed by atoms with Gasteiger partial charge in [0.1, 0.15) is 5.75 Å². The molecule has 0 spiro atoms. The number of rotatable bonds is 6. The van der Waals surface area contributed by atoms with Crippen molar-refractivity contribution in [1.29, 1.82) is 0 Å². The molecular formula is C19H21ClN2O3. The number of nitrogens with one attached hydrogen (secondary N) is 2. The second-order valence-corrected chi connectivity index (χ2v) is 6.25. The Hall–Kier alpha value is -2.53. The van der Waals surface area contributed by atoms with E-state index < -0.39 is 0 Å². The van der Waals surface area contributed by atoms with Crippen molar-refractivity contribution < 1.29 is 14.3 Å². The number of ether oxygens (including phenoxy) is 1. The number of hydrogen-bond acceptors (Lipinski definition) is 3. The second-order valence-electron chi connectivity index (χ2n) is 5.85. The predicted octanol–water partition coefficient (Wildman–Crippen LogP) is 4.32. The van der Waals surface area contributed by atoms with Gasteiger partial charge in [-0.05, 0) is 55.3 Å². The molecule has 0 bridgehead atoms. The van der Waals surface area contributed by atoms with Crippen molar-refractivity contribution in [3.63, 3.8) is 0 Å². The molecule has 0 saturated carbocycles. The van der Waals surface area contributed by atoms with Gasteiger partial charge in [0.2, 0.25) is 11.8 Å². The molecule has 5 nitrogen and oxygen atoms in total. The lowest BCUT2D eigenvalue weighted by Gasteiger charge is -2.10. The Bertz CT molecular complexity index is 770. The highest BCUT2D eigenvalue weighted by molar-refractivity contribution is 6.34. The smallest absolute Gasteiger partial charge is 0.227 e. The van der Waals surface area contributed by atoms with Gasteiger partial charge in [0.15, 0.2) is 0 Å². The first kappa shape index (κ1) is 18.8. The van der Waals surface area contributed by atoms with E-state index in [0.717, 1.165) is 16.9 Å². The molecule has 2 aromatic rings. The van der Waals surface area contributed by atoms with Crippen LogP contribution < -0.4 is 15.4 Å². The van der Waals surface area contributed by atoms with E-state index in [1.807, 2.05) is 26.0 Å². The van der Waals surface area contributed by atoms with E-state index in [1.165, 1.54) is 6.92 Å². The fraction of sp³-hybridized carbons (Fsp3) is 0.263. The molecule has 6 heteroatoms. The Morgan fingerprint density at radius 3 is 2.32 bits per heavy atom. The molecule has 0 atom stereocenters. The molecule has 0 aromatic heterocycles. The number of carbonyl (C=O) groups is 2. The van der Waals surface area contributed by atoms with Gasteiger partial charge in [0.25, 0.3) is 0 Å². The van der Waals surface area contributed by atoms with Gasteiger partial charge in [-0.3, -0.25) is 9.59 Å². The van der Waals surface area contributed by atoms with Crippen LogP contribution in [0.2, 0.25) is 5.02 Å². The molecule has 0 aliphatic carbocycles. The zero-order valence-electron chi connectivity index (χ0n) is 14.5. The van der Waals surface area contributed by atoms with Crippen molar-refractivity contribution in [2.24, 2.45) is 0 Å². The molecule has 132 valence electrons. The molecule has 0 fully saturated rings. The summed E-state index contributed by atoms with van der Waals surface area (Å²) in [5.41, 5.74) is 3.31. The Morgan fingerprint density at radius 1 is 1.04 bits per heavy atom. The Morgan fingerprint density at radius 2 is 1.72 bits per heavy atom. The summed E-state index contributed by atoms with van der Waals surface area (Å²) in [6.07, 6.45) is 0.220. The molecule has 0 saturated heterocycles. The minimum absolute atomic E-state index is 0.173. The number of aryl methyl sites for hydroxylation is 2. The number of halogens is 1. The monoisotopic (exact) mass is 360 g/mol. The Balaban J connectivity index is 1.85. The van der Waals surface area contributed by atoms with E-state index in [2.05, 4.69) is 16.7 Å². The molecular weight excluding hydrogens is 340 g/mol. The van der Waals surface area contributed by atoms with Crippen LogP contribution in [0.15, 0.2) is 36.4 Å². The Labute approximate surface area is 152 Å². The minimum atomic E-state index is -0.206. The van der Waals surface area contributed by atoms with Crippen LogP contribution >= 0.6 is 11.6 Å². The van der Waals surface area contributed by atoms with Crippen LogP contribution in [0.25, 0.3) is 0 Å². The third kappa shape index (κ3) is 6.12. The van der Waals surface area contributed by atoms with Crippen molar-refractivity contribution in [1.82, 2.24) is 0 Å². The maximum absolute atomic E-state index is 12.0. The Kier molecular flexibility index (Phi) is 6.42. The molecule has 0 aliphatic rings. The summed E-state index contributed by atoms with van der Waals surface area (Å²) < 4.78 is 5.63. The average Bonchev–Trinajstić information content (AvgIpc) is 2.48. The molecule has 0 unspecified atom stereocenters. The number of amides is 2. The first-order valence-electron chi connectivity index (χ1n) is 7.91. The van der Waals surface area contributed by atoms with E-state index in [0.29, 0.717) is 16.4 Å². The van der Waals surface area contributed by atoms with Gasteiger partial charge in [-0.15, -0.1) is 0 Å². The summed E-state index contributed by atoms with van der Waals surface area (Å²) in [7, 11) is 0. The van der Waals surface area contributed by atoms with E-state index in [9.17, 15) is 9.59 Å². The predicted molar refractivity (Wildman–Crippen MR) is 100 cm³/mol. The topological polar surface area (TPSA) is 67.4 Å². The molecule has 2 aromatic carbocycles. The summed E-state index contributed by atoms with van der Waals surface area (Å²) in [5.74, 6) is 0.378. The number of anilines is 2. The lowest BCUT2D eigenvalue weighted by Crippen LogP contribution is -2.15. The summed E-state index contributed by atoms with van der Waals surface area (Å²) in [6.45, 7) is 5.69. The second kappa shape index (κ2) is 8.53. The number of hydrogen-bond donors (Lipinski definition) is 2. The minimum Gasteiger partial charge on any atom is -0.493 e. The summed E-state index contributed by atoms with van der Waals surface area (Å²) in [6, 6.07) is 10.9. The first-order chi connectivity index (χ1) is 11.8. The van der Waals surface area contributed by atoms with Crippen molar-refractivity contribution in [2.45, 2.75) is 27.2 Å². The first-order valence-corrected chi connectivity index (χ1v) is 8.29. The van der Waals surface area contributed by atoms with Crippen LogP contribution in [0.4, 0.5) is 11.4 Å². The standard InChI is InChI=1S/C19H21ClN2O3/c1-12-8-13(2)10-16(9-12)25-7-6-19(24)22-15-4-5-18(17(20)11-15)21-14(3)23/h4-5,8-11H,6-7H2,1-3H3,(H,21,23)(H,22,24). The number of benzene rings is 2. The van der Waals surface area contributed by atoms with Gasteiger partial charge in [0, 0.05) is 12.6 Å². The van der Waals surface area contributed by atoms with Crippen LogP contribution in [0.5, 0.6) is 5.75 Å². The molecule has 25 heavy (non-hydrogen) atoms. The van der Waals surface area contributed by atoms with Gasteiger partial charge < -0.3 is 15.4 Å². The van der Waals surface area contributed by atoms with Crippen LogP contribution in [0, 0.1) is 13.8 Å². The summed E-state index contributed by atoms with van der Waals surface area (Å²) in [5, 5.41) is 5.73. The van der Waals surface area contributed by atoms with Crippen molar-refractivity contribution in [3.05, 3.63) is 52.5 Å². The zero-order valence-corrected chi connectivity index (χ0v) is 15.2. The van der Waals surface area contributed by atoms with Crippen LogP contribution in [-0.4, -0.2) is 18.4 Å². The van der Waals surface area contributed by atoms with Crippen molar-refractivity contribution in [2.75, 3.05) is 17.2 Å². The third-order valence-corrected chi connectivity index (χ3v) is 3.67. The van der Waals surface area contributed by atoms with Crippen LogP contribution in [0.1, 0.15) is 24.5 Å².